The van der Waals surface area contributed by atoms with E-state index in [2.05, 4.69) is 24.0 Å². The third kappa shape index (κ3) is 1.54. The van der Waals surface area contributed by atoms with Crippen molar-refractivity contribution in [3.8, 4) is 0 Å². The van der Waals surface area contributed by atoms with Crippen LogP contribution < -0.4 is 4.90 Å². The van der Waals surface area contributed by atoms with Gasteiger partial charge in [-0.05, 0) is 49.4 Å². The summed E-state index contributed by atoms with van der Waals surface area (Å²) < 4.78 is 6.08. The average molecular weight is 352 g/mol. The van der Waals surface area contributed by atoms with E-state index in [1.165, 1.54) is 11.1 Å². The van der Waals surface area contributed by atoms with E-state index >= 15 is 0 Å². The number of ether oxygens (including phenoxy) is 1. The van der Waals surface area contributed by atoms with Crippen LogP contribution in [0.1, 0.15) is 25.3 Å². The van der Waals surface area contributed by atoms with E-state index in [4.69, 9.17) is 4.74 Å². The van der Waals surface area contributed by atoms with Crippen molar-refractivity contribution in [2.75, 3.05) is 24.6 Å². The van der Waals surface area contributed by atoms with Gasteiger partial charge in [-0.3, -0.25) is 9.69 Å². The molecule has 1 amide bonds. The summed E-state index contributed by atoms with van der Waals surface area (Å²) in [4.78, 5) is 17.4. The van der Waals surface area contributed by atoms with Gasteiger partial charge in [0.15, 0.2) is 0 Å². The number of amides is 1. The standard InChI is InChI=1S/C21H24N2O3/c1-12-14-9-22-7-6-21-16-4-2-3-5-17(16)23(19(25)10-24)20(21)15(11-26-12)13(14)8-18(21)22/h2-5,11-14,18,20,24H,6-10H2,1H3. The van der Waals surface area contributed by atoms with Gasteiger partial charge in [-0.1, -0.05) is 18.2 Å². The lowest BCUT2D eigenvalue weighted by Gasteiger charge is -2.57. The maximum absolute atomic E-state index is 12.8. The number of aliphatic hydroxyl groups excluding tert-OH is 1. The molecule has 0 aromatic heterocycles. The Hall–Kier alpha value is -1.85. The van der Waals surface area contributed by atoms with Crippen molar-refractivity contribution in [3.63, 3.8) is 0 Å². The number of carbonyl (C=O) groups excluding carboxylic acids is 1. The van der Waals surface area contributed by atoms with Crippen molar-refractivity contribution in [1.82, 2.24) is 4.90 Å². The number of nitrogens with zero attached hydrogens (tertiary/aromatic N) is 2. The number of anilines is 1. The minimum Gasteiger partial charge on any atom is -0.498 e. The molecule has 0 radical (unpaired) electrons. The lowest BCUT2D eigenvalue weighted by molar-refractivity contribution is -0.122. The first-order valence-corrected chi connectivity index (χ1v) is 9.78. The summed E-state index contributed by atoms with van der Waals surface area (Å²) in [5.41, 5.74) is 3.50. The van der Waals surface area contributed by atoms with Crippen molar-refractivity contribution in [2.45, 2.75) is 43.4 Å². The lowest BCUT2D eigenvalue weighted by Crippen LogP contribution is -2.65. The number of hydrogen-bond donors (Lipinski definition) is 1. The Morgan fingerprint density at radius 2 is 2.23 bits per heavy atom. The van der Waals surface area contributed by atoms with Crippen molar-refractivity contribution in [2.24, 2.45) is 11.8 Å². The van der Waals surface area contributed by atoms with Crippen LogP contribution in [-0.2, 0) is 14.9 Å². The van der Waals surface area contributed by atoms with Gasteiger partial charge in [0.2, 0.25) is 0 Å². The highest BCUT2D eigenvalue weighted by molar-refractivity contribution is 5.99. The van der Waals surface area contributed by atoms with Gasteiger partial charge in [0, 0.05) is 29.6 Å². The van der Waals surface area contributed by atoms with Crippen LogP contribution in [0.25, 0.3) is 0 Å². The number of fused-ring (bicyclic) bond motifs is 2. The van der Waals surface area contributed by atoms with Crippen LogP contribution in [0, 0.1) is 11.8 Å². The van der Waals surface area contributed by atoms with Gasteiger partial charge in [0.25, 0.3) is 5.91 Å². The first-order valence-electron chi connectivity index (χ1n) is 9.78. The van der Waals surface area contributed by atoms with E-state index in [0.717, 1.165) is 31.6 Å². The second-order valence-corrected chi connectivity index (χ2v) is 8.61. The molecule has 5 aliphatic rings. The first kappa shape index (κ1) is 15.2. The van der Waals surface area contributed by atoms with Crippen molar-refractivity contribution in [1.29, 1.82) is 0 Å². The molecule has 4 aliphatic heterocycles. The molecular formula is C21H24N2O3. The molecule has 4 heterocycles. The highest BCUT2D eigenvalue weighted by Crippen LogP contribution is 2.64. The lowest BCUT2D eigenvalue weighted by atomic mass is 9.56. The summed E-state index contributed by atoms with van der Waals surface area (Å²) >= 11 is 0. The molecule has 1 N–H and O–H groups in total. The van der Waals surface area contributed by atoms with Crippen LogP contribution in [0.5, 0.6) is 0 Å². The Morgan fingerprint density at radius 1 is 1.38 bits per heavy atom. The van der Waals surface area contributed by atoms with E-state index in [1.807, 2.05) is 23.3 Å². The summed E-state index contributed by atoms with van der Waals surface area (Å²) in [5, 5.41) is 9.70. The number of aliphatic hydroxyl groups is 1. The quantitative estimate of drug-likeness (QED) is 0.835. The molecule has 6 atom stereocenters. The number of hydrogen-bond acceptors (Lipinski definition) is 4. The smallest absolute Gasteiger partial charge is 0.253 e. The van der Waals surface area contributed by atoms with Gasteiger partial charge >= 0.3 is 0 Å². The predicted molar refractivity (Wildman–Crippen MR) is 96.7 cm³/mol. The summed E-state index contributed by atoms with van der Waals surface area (Å²) in [5.74, 6) is 0.783. The third-order valence-electron chi connectivity index (χ3n) is 7.87. The average Bonchev–Trinajstić information content (AvgIpc) is 3.20. The fraction of sp³-hybridized carbons (Fsp3) is 0.571. The van der Waals surface area contributed by atoms with E-state index < -0.39 is 6.61 Å². The summed E-state index contributed by atoms with van der Waals surface area (Å²) in [7, 11) is 0. The maximum atomic E-state index is 12.8. The molecular weight excluding hydrogens is 328 g/mol. The van der Waals surface area contributed by atoms with Gasteiger partial charge < -0.3 is 14.7 Å². The number of benzene rings is 1. The monoisotopic (exact) mass is 352 g/mol. The SMILES string of the molecule is CC1OC=C2C3CC4N(CCC45c4ccccc4N(C(=O)CO)C25)CC13. The van der Waals surface area contributed by atoms with Gasteiger partial charge in [-0.2, -0.15) is 0 Å². The van der Waals surface area contributed by atoms with E-state index in [-0.39, 0.29) is 23.5 Å². The molecule has 2 bridgehead atoms. The molecule has 1 aromatic rings. The molecule has 5 heteroatoms. The largest absolute Gasteiger partial charge is 0.498 e. The van der Waals surface area contributed by atoms with Crippen LogP contribution in [-0.4, -0.2) is 53.8 Å². The number of carbonyl (C=O) groups is 1. The van der Waals surface area contributed by atoms with Gasteiger partial charge in [0.1, 0.15) is 6.61 Å². The molecule has 5 nitrogen and oxygen atoms in total. The van der Waals surface area contributed by atoms with Gasteiger partial charge in [0.05, 0.1) is 18.4 Å². The van der Waals surface area contributed by atoms with Crippen LogP contribution >= 0.6 is 0 Å². The van der Waals surface area contributed by atoms with Crippen LogP contribution in [0.15, 0.2) is 36.1 Å². The molecule has 1 aromatic carbocycles. The molecule has 2 saturated heterocycles. The molecule has 26 heavy (non-hydrogen) atoms. The van der Waals surface area contributed by atoms with E-state index in [0.29, 0.717) is 17.9 Å². The first-order chi connectivity index (χ1) is 12.7. The Bertz CT molecular complexity index is 836. The second kappa shape index (κ2) is 4.90. The number of para-hydroxylation sites is 1. The molecule has 3 fully saturated rings. The molecule has 6 unspecified atom stereocenters. The zero-order valence-corrected chi connectivity index (χ0v) is 15.0. The Kier molecular flexibility index (Phi) is 2.87. The van der Waals surface area contributed by atoms with Crippen LogP contribution in [0.3, 0.4) is 0 Å². The molecule has 136 valence electrons. The normalized spacial score (nSPS) is 42.0. The van der Waals surface area contributed by atoms with E-state index in [1.54, 1.807) is 0 Å². The predicted octanol–water partition coefficient (Wildman–Crippen LogP) is 1.66. The highest BCUT2D eigenvalue weighted by atomic mass is 16.5. The molecule has 1 aliphatic carbocycles. The highest BCUT2D eigenvalue weighted by Gasteiger charge is 2.68. The summed E-state index contributed by atoms with van der Waals surface area (Å²) in [6, 6.07) is 8.81. The summed E-state index contributed by atoms with van der Waals surface area (Å²) in [6.45, 7) is 3.91. The fourth-order valence-electron chi connectivity index (χ4n) is 6.90. The number of piperidine rings is 1. The minimum atomic E-state index is -0.450. The van der Waals surface area contributed by atoms with Crippen molar-refractivity contribution in [3.05, 3.63) is 41.7 Å². The molecule has 1 spiro atoms. The summed E-state index contributed by atoms with van der Waals surface area (Å²) in [6.07, 6.45) is 4.42. The Labute approximate surface area is 153 Å². The molecule has 6 rings (SSSR count). The van der Waals surface area contributed by atoms with Gasteiger partial charge in [-0.15, -0.1) is 0 Å². The minimum absolute atomic E-state index is 0.0106. The Morgan fingerprint density at radius 3 is 3.08 bits per heavy atom. The zero-order chi connectivity index (χ0) is 17.6. The van der Waals surface area contributed by atoms with Gasteiger partial charge in [-0.25, -0.2) is 0 Å². The molecule has 1 saturated carbocycles. The zero-order valence-electron chi connectivity index (χ0n) is 15.0. The van der Waals surface area contributed by atoms with Crippen LogP contribution in [0.2, 0.25) is 0 Å². The maximum Gasteiger partial charge on any atom is 0.253 e. The van der Waals surface area contributed by atoms with Crippen LogP contribution in [0.4, 0.5) is 5.69 Å². The van der Waals surface area contributed by atoms with Crippen molar-refractivity contribution >= 4 is 11.6 Å². The van der Waals surface area contributed by atoms with Crippen molar-refractivity contribution < 1.29 is 14.6 Å². The van der Waals surface area contributed by atoms with E-state index in [9.17, 15) is 9.90 Å². The fourth-order valence-corrected chi connectivity index (χ4v) is 6.90. The number of rotatable bonds is 1. The third-order valence-corrected chi connectivity index (χ3v) is 7.87. The topological polar surface area (TPSA) is 53.0 Å². The second-order valence-electron chi connectivity index (χ2n) is 8.61. The Balaban J connectivity index is 1.63.